The van der Waals surface area contributed by atoms with Crippen molar-refractivity contribution in [1.29, 1.82) is 0 Å². The zero-order chi connectivity index (χ0) is 11.7. The van der Waals surface area contributed by atoms with Crippen LogP contribution in [0.15, 0.2) is 24.3 Å². The third-order valence-corrected chi connectivity index (χ3v) is 2.46. The van der Waals surface area contributed by atoms with Gasteiger partial charge in [-0.15, -0.1) is 0 Å². The van der Waals surface area contributed by atoms with Crippen LogP contribution >= 0.6 is 0 Å². The number of nitrogens with zero attached hydrogens (tertiary/aromatic N) is 1. The minimum Gasteiger partial charge on any atom is -0.478 e. The number of carboxylic acids is 1. The van der Waals surface area contributed by atoms with Crippen LogP contribution in [0.3, 0.4) is 0 Å². The van der Waals surface area contributed by atoms with E-state index in [9.17, 15) is 9.18 Å². The maximum Gasteiger partial charge on any atom is 0.338 e. The van der Waals surface area contributed by atoms with Gasteiger partial charge in [-0.05, 0) is 30.7 Å². The second-order valence-electron chi connectivity index (χ2n) is 3.46. The first kappa shape index (κ1) is 10.5. The number of pyridine rings is 1. The average Bonchev–Trinajstić information content (AvgIpc) is 2.28. The minimum absolute atomic E-state index is 0.247. The fourth-order valence-electron chi connectivity index (χ4n) is 1.57. The summed E-state index contributed by atoms with van der Waals surface area (Å²) in [6.07, 6.45) is 0.762. The first-order valence-electron chi connectivity index (χ1n) is 4.95. The molecule has 1 N–H and O–H groups in total. The van der Waals surface area contributed by atoms with Crippen LogP contribution in [0.25, 0.3) is 10.9 Å². The fourth-order valence-corrected chi connectivity index (χ4v) is 1.57. The standard InChI is InChI=1S/C12H10FNO2/c1-2-7-3-4-8-10(14-7)6-5-9(11(8)13)12(15)16/h3-6H,2H2,1H3,(H,15,16). The molecule has 0 aliphatic rings. The molecular formula is C12H10FNO2. The van der Waals surface area contributed by atoms with Crippen LogP contribution in [0.1, 0.15) is 23.0 Å². The summed E-state index contributed by atoms with van der Waals surface area (Å²) in [5, 5.41) is 9.01. The number of hydrogen-bond acceptors (Lipinski definition) is 2. The van der Waals surface area contributed by atoms with Gasteiger partial charge in [-0.25, -0.2) is 9.18 Å². The van der Waals surface area contributed by atoms with E-state index in [1.54, 1.807) is 12.1 Å². The fraction of sp³-hybridized carbons (Fsp3) is 0.167. The molecule has 1 aromatic carbocycles. The number of benzene rings is 1. The van der Waals surface area contributed by atoms with Gasteiger partial charge in [-0.1, -0.05) is 6.92 Å². The topological polar surface area (TPSA) is 50.2 Å². The molecule has 0 unspecified atom stereocenters. The van der Waals surface area contributed by atoms with E-state index in [1.165, 1.54) is 12.1 Å². The highest BCUT2D eigenvalue weighted by molar-refractivity contribution is 5.93. The Bertz CT molecular complexity index is 566. The van der Waals surface area contributed by atoms with E-state index in [2.05, 4.69) is 4.98 Å². The molecule has 0 saturated heterocycles. The molecule has 1 aromatic heterocycles. The van der Waals surface area contributed by atoms with E-state index in [-0.39, 0.29) is 10.9 Å². The third kappa shape index (κ3) is 1.62. The molecule has 0 atom stereocenters. The molecular weight excluding hydrogens is 209 g/mol. The minimum atomic E-state index is -1.26. The summed E-state index contributed by atoms with van der Waals surface area (Å²) in [5.74, 6) is -1.99. The van der Waals surface area contributed by atoms with Crippen molar-refractivity contribution >= 4 is 16.9 Å². The number of aryl methyl sites for hydroxylation is 1. The molecule has 4 heteroatoms. The Morgan fingerprint density at radius 2 is 2.12 bits per heavy atom. The summed E-state index contributed by atoms with van der Waals surface area (Å²) < 4.78 is 13.7. The second-order valence-corrected chi connectivity index (χ2v) is 3.46. The lowest BCUT2D eigenvalue weighted by atomic mass is 10.1. The van der Waals surface area contributed by atoms with Gasteiger partial charge in [0.15, 0.2) is 0 Å². The smallest absolute Gasteiger partial charge is 0.338 e. The number of aromatic carboxylic acids is 1. The predicted molar refractivity (Wildman–Crippen MR) is 58.0 cm³/mol. The highest BCUT2D eigenvalue weighted by Crippen LogP contribution is 2.20. The van der Waals surface area contributed by atoms with E-state index in [4.69, 9.17) is 5.11 Å². The molecule has 0 aliphatic heterocycles. The largest absolute Gasteiger partial charge is 0.478 e. The summed E-state index contributed by atoms with van der Waals surface area (Å²) in [4.78, 5) is 15.0. The molecule has 2 aromatic rings. The summed E-state index contributed by atoms with van der Waals surface area (Å²) in [5.41, 5.74) is 1.02. The maximum absolute atomic E-state index is 13.7. The first-order chi connectivity index (χ1) is 7.63. The van der Waals surface area contributed by atoms with Crippen molar-refractivity contribution in [3.63, 3.8) is 0 Å². The Balaban J connectivity index is 2.71. The van der Waals surface area contributed by atoms with Crippen LogP contribution in [0, 0.1) is 5.82 Å². The molecule has 0 aliphatic carbocycles. The van der Waals surface area contributed by atoms with Gasteiger partial charge in [0.1, 0.15) is 5.82 Å². The summed E-state index contributed by atoms with van der Waals surface area (Å²) in [6.45, 7) is 1.95. The first-order valence-corrected chi connectivity index (χ1v) is 4.95. The summed E-state index contributed by atoms with van der Waals surface area (Å²) >= 11 is 0. The lowest BCUT2D eigenvalue weighted by Crippen LogP contribution is -2.01. The Morgan fingerprint density at radius 3 is 2.75 bits per heavy atom. The average molecular weight is 219 g/mol. The zero-order valence-corrected chi connectivity index (χ0v) is 8.70. The van der Waals surface area contributed by atoms with Crippen molar-refractivity contribution in [2.24, 2.45) is 0 Å². The third-order valence-electron chi connectivity index (χ3n) is 2.46. The number of carbonyl (C=O) groups is 1. The van der Waals surface area contributed by atoms with Crippen molar-refractivity contribution < 1.29 is 14.3 Å². The van der Waals surface area contributed by atoms with Gasteiger partial charge < -0.3 is 5.11 Å². The van der Waals surface area contributed by atoms with Gasteiger partial charge in [-0.2, -0.15) is 0 Å². The van der Waals surface area contributed by atoms with Crippen molar-refractivity contribution in [3.05, 3.63) is 41.3 Å². The second kappa shape index (κ2) is 3.89. The Hall–Kier alpha value is -1.97. The van der Waals surface area contributed by atoms with Crippen molar-refractivity contribution in [2.45, 2.75) is 13.3 Å². The molecule has 0 spiro atoms. The van der Waals surface area contributed by atoms with E-state index < -0.39 is 11.8 Å². The van der Waals surface area contributed by atoms with Gasteiger partial charge in [0.25, 0.3) is 0 Å². The van der Waals surface area contributed by atoms with Gasteiger partial charge in [0.2, 0.25) is 0 Å². The number of aromatic nitrogens is 1. The SMILES string of the molecule is CCc1ccc2c(F)c(C(=O)O)ccc2n1. The number of fused-ring (bicyclic) bond motifs is 1. The van der Waals surface area contributed by atoms with E-state index in [0.29, 0.717) is 5.52 Å². The molecule has 0 saturated carbocycles. The molecule has 3 nitrogen and oxygen atoms in total. The maximum atomic E-state index is 13.7. The Kier molecular flexibility index (Phi) is 2.56. The number of halogens is 1. The van der Waals surface area contributed by atoms with Crippen LogP contribution < -0.4 is 0 Å². The van der Waals surface area contributed by atoms with Crippen LogP contribution in [0.2, 0.25) is 0 Å². The van der Waals surface area contributed by atoms with Crippen molar-refractivity contribution in [3.8, 4) is 0 Å². The summed E-state index contributed by atoms with van der Waals surface area (Å²) in [7, 11) is 0. The van der Waals surface area contributed by atoms with E-state index >= 15 is 0 Å². The van der Waals surface area contributed by atoms with Gasteiger partial charge in [0, 0.05) is 11.1 Å². The molecule has 16 heavy (non-hydrogen) atoms. The number of carboxylic acid groups (broad SMARTS) is 1. The Morgan fingerprint density at radius 1 is 1.38 bits per heavy atom. The summed E-state index contributed by atoms with van der Waals surface area (Å²) in [6, 6.07) is 6.05. The lowest BCUT2D eigenvalue weighted by Gasteiger charge is -2.04. The molecule has 0 bridgehead atoms. The highest BCUT2D eigenvalue weighted by Gasteiger charge is 2.13. The molecule has 82 valence electrons. The molecule has 1 heterocycles. The van der Waals surface area contributed by atoms with E-state index in [0.717, 1.165) is 12.1 Å². The highest BCUT2D eigenvalue weighted by atomic mass is 19.1. The zero-order valence-electron chi connectivity index (χ0n) is 8.70. The Labute approximate surface area is 91.5 Å². The molecule has 0 radical (unpaired) electrons. The van der Waals surface area contributed by atoms with E-state index in [1.807, 2.05) is 6.92 Å². The quantitative estimate of drug-likeness (QED) is 0.844. The van der Waals surface area contributed by atoms with Gasteiger partial charge >= 0.3 is 5.97 Å². The van der Waals surface area contributed by atoms with Gasteiger partial charge in [-0.3, -0.25) is 4.98 Å². The molecule has 2 rings (SSSR count). The number of hydrogen-bond donors (Lipinski definition) is 1. The lowest BCUT2D eigenvalue weighted by molar-refractivity contribution is 0.0692. The monoisotopic (exact) mass is 219 g/mol. The van der Waals surface area contributed by atoms with Crippen molar-refractivity contribution in [2.75, 3.05) is 0 Å². The van der Waals surface area contributed by atoms with Crippen LogP contribution in [0.4, 0.5) is 4.39 Å². The number of rotatable bonds is 2. The molecule has 0 fully saturated rings. The normalized spacial score (nSPS) is 10.6. The van der Waals surface area contributed by atoms with Gasteiger partial charge in [0.05, 0.1) is 11.1 Å². The van der Waals surface area contributed by atoms with Crippen LogP contribution in [0.5, 0.6) is 0 Å². The van der Waals surface area contributed by atoms with Crippen LogP contribution in [-0.4, -0.2) is 16.1 Å². The van der Waals surface area contributed by atoms with Crippen molar-refractivity contribution in [1.82, 2.24) is 4.98 Å². The van der Waals surface area contributed by atoms with Crippen LogP contribution in [-0.2, 0) is 6.42 Å². The predicted octanol–water partition coefficient (Wildman–Crippen LogP) is 2.63. The molecule has 0 amide bonds.